The van der Waals surface area contributed by atoms with Gasteiger partial charge < -0.3 is 10.1 Å². The molecule has 3 rings (SSSR count). The van der Waals surface area contributed by atoms with Gasteiger partial charge in [-0.2, -0.15) is 0 Å². The first-order valence-electron chi connectivity index (χ1n) is 6.94. The Morgan fingerprint density at radius 2 is 2.26 bits per heavy atom. The van der Waals surface area contributed by atoms with Gasteiger partial charge in [0.1, 0.15) is 5.41 Å². The second-order valence-electron chi connectivity index (χ2n) is 5.66. The van der Waals surface area contributed by atoms with E-state index in [4.69, 9.17) is 0 Å². The second-order valence-corrected chi connectivity index (χ2v) is 5.66. The molecule has 1 aliphatic rings. The molecule has 3 heteroatoms. The summed E-state index contributed by atoms with van der Waals surface area (Å²) in [5.74, 6) is -0.724. The molecule has 1 aromatic carbocycles. The minimum absolute atomic E-state index is 0.712. The van der Waals surface area contributed by atoms with Crippen molar-refractivity contribution in [3.63, 3.8) is 0 Å². The Morgan fingerprint density at radius 1 is 1.47 bits per heavy atom. The Balaban J connectivity index is 2.32. The first-order valence-corrected chi connectivity index (χ1v) is 6.94. The highest BCUT2D eigenvalue weighted by molar-refractivity contribution is 5.91. The zero-order valence-corrected chi connectivity index (χ0v) is 11.4. The number of aliphatic carboxylic acids is 1. The van der Waals surface area contributed by atoms with E-state index in [1.54, 1.807) is 0 Å². The van der Waals surface area contributed by atoms with Crippen LogP contribution in [0.3, 0.4) is 0 Å². The molecule has 1 heterocycles. The third-order valence-corrected chi connectivity index (χ3v) is 4.54. The van der Waals surface area contributed by atoms with Gasteiger partial charge in [0.25, 0.3) is 0 Å². The zero-order chi connectivity index (χ0) is 13.6. The van der Waals surface area contributed by atoms with E-state index in [1.165, 1.54) is 16.5 Å². The second kappa shape index (κ2) is 4.12. The highest BCUT2D eigenvalue weighted by Gasteiger charge is 2.41. The quantitative estimate of drug-likeness (QED) is 0.866. The Morgan fingerprint density at radius 3 is 2.95 bits per heavy atom. The number of rotatable bonds is 2. The molecule has 2 N–H and O–H groups in total. The number of aromatic amines is 1. The molecule has 0 saturated carbocycles. The van der Waals surface area contributed by atoms with Gasteiger partial charge in [-0.05, 0) is 43.7 Å². The maximum absolute atomic E-state index is 11.7. The lowest BCUT2D eigenvalue weighted by Gasteiger charge is -2.29. The smallest absolute Gasteiger partial charge is 0.315 e. The van der Waals surface area contributed by atoms with Crippen LogP contribution in [-0.4, -0.2) is 16.1 Å². The Labute approximate surface area is 112 Å². The number of H-pyrrole nitrogens is 1. The van der Waals surface area contributed by atoms with Crippen molar-refractivity contribution in [2.24, 2.45) is 0 Å². The van der Waals surface area contributed by atoms with Crippen molar-refractivity contribution in [3.05, 3.63) is 35.0 Å². The van der Waals surface area contributed by atoms with E-state index >= 15 is 0 Å². The molecular weight excluding hydrogens is 238 g/mol. The fourth-order valence-electron chi connectivity index (χ4n) is 3.32. The minimum atomic E-state index is -0.766. The number of carboxylic acid groups (broad SMARTS) is 1. The van der Waals surface area contributed by atoms with Gasteiger partial charge in [0.15, 0.2) is 0 Å². The van der Waals surface area contributed by atoms with Gasteiger partial charge in [0, 0.05) is 16.6 Å². The average molecular weight is 257 g/mol. The lowest BCUT2D eigenvalue weighted by Crippen LogP contribution is -2.36. The van der Waals surface area contributed by atoms with E-state index in [2.05, 4.69) is 30.1 Å². The first-order chi connectivity index (χ1) is 9.08. The highest BCUT2D eigenvalue weighted by Crippen LogP contribution is 2.41. The van der Waals surface area contributed by atoms with Gasteiger partial charge in [-0.25, -0.2) is 0 Å². The van der Waals surface area contributed by atoms with Crippen LogP contribution in [0.4, 0.5) is 0 Å². The number of aromatic nitrogens is 1. The summed E-state index contributed by atoms with van der Waals surface area (Å²) < 4.78 is 0. The van der Waals surface area contributed by atoms with Crippen LogP contribution >= 0.6 is 0 Å². The van der Waals surface area contributed by atoms with Gasteiger partial charge in [-0.3, -0.25) is 4.79 Å². The summed E-state index contributed by atoms with van der Waals surface area (Å²) in [6.45, 7) is 3.97. The van der Waals surface area contributed by atoms with E-state index in [-0.39, 0.29) is 0 Å². The van der Waals surface area contributed by atoms with Crippen LogP contribution in [0.5, 0.6) is 0 Å². The summed E-state index contributed by atoms with van der Waals surface area (Å²) in [6.07, 6.45) is 3.59. The van der Waals surface area contributed by atoms with Crippen LogP contribution in [0, 0.1) is 0 Å². The predicted molar refractivity (Wildman–Crippen MR) is 75.6 cm³/mol. The molecule has 1 atom stereocenters. The van der Waals surface area contributed by atoms with Crippen LogP contribution in [0.2, 0.25) is 0 Å². The number of carboxylic acids is 1. The molecule has 0 bridgehead atoms. The number of hydrogen-bond acceptors (Lipinski definition) is 1. The van der Waals surface area contributed by atoms with Crippen molar-refractivity contribution in [2.45, 2.75) is 44.9 Å². The summed E-state index contributed by atoms with van der Waals surface area (Å²) in [5.41, 5.74) is 3.75. The molecule has 2 aromatic rings. The van der Waals surface area contributed by atoms with Crippen molar-refractivity contribution in [2.75, 3.05) is 0 Å². The number of hydrogen-bond donors (Lipinski definition) is 2. The standard InChI is InChI=1S/C16H19NO2/c1-3-10-6-4-7-11-12-8-5-9-16(2,15(18)19)14(12)17-13(10)11/h4,6-7,17H,3,5,8-9H2,1-2H3,(H,18,19). The van der Waals surface area contributed by atoms with E-state index in [9.17, 15) is 9.90 Å². The zero-order valence-electron chi connectivity index (χ0n) is 11.4. The third kappa shape index (κ3) is 1.61. The number of benzene rings is 1. The fraction of sp³-hybridized carbons (Fsp3) is 0.438. The molecular formula is C16H19NO2. The normalized spacial score (nSPS) is 22.4. The molecule has 0 radical (unpaired) electrons. The molecule has 0 aliphatic heterocycles. The van der Waals surface area contributed by atoms with E-state index in [0.29, 0.717) is 6.42 Å². The van der Waals surface area contributed by atoms with Crippen molar-refractivity contribution in [1.29, 1.82) is 0 Å². The number of aryl methyl sites for hydroxylation is 2. The molecule has 1 unspecified atom stereocenters. The lowest BCUT2D eigenvalue weighted by molar-refractivity contribution is -0.143. The predicted octanol–water partition coefficient (Wildman–Crippen LogP) is 3.41. The number of carbonyl (C=O) groups is 1. The number of fused-ring (bicyclic) bond motifs is 3. The maximum Gasteiger partial charge on any atom is 0.315 e. The monoisotopic (exact) mass is 257 g/mol. The van der Waals surface area contributed by atoms with Gasteiger partial charge in [-0.15, -0.1) is 0 Å². The summed E-state index contributed by atoms with van der Waals surface area (Å²) in [4.78, 5) is 15.1. The Hall–Kier alpha value is -1.77. The minimum Gasteiger partial charge on any atom is -0.481 e. The molecule has 1 aromatic heterocycles. The Bertz CT molecular complexity index is 656. The van der Waals surface area contributed by atoms with Crippen molar-refractivity contribution < 1.29 is 9.90 Å². The van der Waals surface area contributed by atoms with Gasteiger partial charge in [0.2, 0.25) is 0 Å². The summed E-state index contributed by atoms with van der Waals surface area (Å²) >= 11 is 0. The number of nitrogens with one attached hydrogen (secondary N) is 1. The van der Waals surface area contributed by atoms with E-state index in [1.807, 2.05) is 6.92 Å². The van der Waals surface area contributed by atoms with Crippen LogP contribution < -0.4 is 0 Å². The number of para-hydroxylation sites is 1. The SMILES string of the molecule is CCc1cccc2c3c([nH]c12)C(C)(C(=O)O)CCC3. The van der Waals surface area contributed by atoms with E-state index in [0.717, 1.165) is 30.5 Å². The Kier molecular flexibility index (Phi) is 2.66. The summed E-state index contributed by atoms with van der Waals surface area (Å²) in [5, 5.41) is 10.8. The van der Waals surface area contributed by atoms with Crippen LogP contribution in [0.1, 0.15) is 43.5 Å². The van der Waals surface area contributed by atoms with Crippen molar-refractivity contribution in [1.82, 2.24) is 4.98 Å². The average Bonchev–Trinajstić information content (AvgIpc) is 2.79. The molecule has 0 saturated heterocycles. The van der Waals surface area contributed by atoms with E-state index < -0.39 is 11.4 Å². The topological polar surface area (TPSA) is 53.1 Å². The molecule has 3 nitrogen and oxygen atoms in total. The van der Waals surface area contributed by atoms with Gasteiger partial charge >= 0.3 is 5.97 Å². The first kappa shape index (κ1) is 12.3. The lowest BCUT2D eigenvalue weighted by atomic mass is 9.75. The van der Waals surface area contributed by atoms with Gasteiger partial charge in [0.05, 0.1) is 0 Å². The van der Waals surface area contributed by atoms with Crippen molar-refractivity contribution in [3.8, 4) is 0 Å². The van der Waals surface area contributed by atoms with Crippen LogP contribution in [0.25, 0.3) is 10.9 Å². The molecule has 100 valence electrons. The molecule has 0 amide bonds. The fourth-order valence-corrected chi connectivity index (χ4v) is 3.32. The van der Waals surface area contributed by atoms with Crippen LogP contribution in [-0.2, 0) is 23.1 Å². The summed E-state index contributed by atoms with van der Waals surface area (Å²) in [6, 6.07) is 6.29. The molecule has 1 aliphatic carbocycles. The molecule has 0 spiro atoms. The van der Waals surface area contributed by atoms with Crippen molar-refractivity contribution >= 4 is 16.9 Å². The maximum atomic E-state index is 11.7. The molecule has 19 heavy (non-hydrogen) atoms. The van der Waals surface area contributed by atoms with Crippen LogP contribution in [0.15, 0.2) is 18.2 Å². The van der Waals surface area contributed by atoms with Gasteiger partial charge in [-0.1, -0.05) is 25.1 Å². The molecule has 0 fully saturated rings. The summed E-state index contributed by atoms with van der Waals surface area (Å²) in [7, 11) is 0. The highest BCUT2D eigenvalue weighted by atomic mass is 16.4. The largest absolute Gasteiger partial charge is 0.481 e. The third-order valence-electron chi connectivity index (χ3n) is 4.54.